The molecule has 0 N–H and O–H groups in total. The minimum Gasteiger partial charge on any atom is -0.461 e. The maximum atomic E-state index is 10.7. The third-order valence-electron chi connectivity index (χ3n) is 2.38. The normalized spacial score (nSPS) is 10.7. The zero-order valence-electron chi connectivity index (χ0n) is 9.46. The fraction of sp³-hybridized carbons (Fsp3) is 0.100. The lowest BCUT2D eigenvalue weighted by atomic mass is 10.4. The Hall–Kier alpha value is -2.97. The summed E-state index contributed by atoms with van der Waals surface area (Å²) in [4.78, 5) is 14.3. The highest BCUT2D eigenvalue weighted by Gasteiger charge is 2.18. The van der Waals surface area contributed by atoms with Gasteiger partial charge in [-0.2, -0.15) is 4.98 Å². The van der Waals surface area contributed by atoms with Crippen LogP contribution in [0.4, 0.5) is 5.82 Å². The van der Waals surface area contributed by atoms with E-state index in [0.717, 1.165) is 0 Å². The van der Waals surface area contributed by atoms with Gasteiger partial charge in [-0.3, -0.25) is 0 Å². The first-order valence-corrected chi connectivity index (χ1v) is 5.27. The summed E-state index contributed by atoms with van der Waals surface area (Å²) < 4.78 is 11.3. The Kier molecular flexibility index (Phi) is 2.56. The molecule has 9 heteroatoms. The second-order valence-corrected chi connectivity index (χ2v) is 3.59. The van der Waals surface area contributed by atoms with Crippen molar-refractivity contribution in [1.82, 2.24) is 19.9 Å². The van der Waals surface area contributed by atoms with Gasteiger partial charge in [0.05, 0.1) is 18.5 Å². The molecule has 0 fully saturated rings. The molecular formula is C10H7N5O4. The van der Waals surface area contributed by atoms with Gasteiger partial charge >= 0.3 is 5.82 Å². The Labute approximate surface area is 105 Å². The van der Waals surface area contributed by atoms with Gasteiger partial charge in [0.25, 0.3) is 5.89 Å². The number of furan rings is 1. The largest absolute Gasteiger partial charge is 0.461 e. The van der Waals surface area contributed by atoms with Crippen LogP contribution >= 0.6 is 0 Å². The van der Waals surface area contributed by atoms with Crippen LogP contribution in [0.5, 0.6) is 0 Å². The average Bonchev–Trinajstić information content (AvgIpc) is 3.09. The van der Waals surface area contributed by atoms with Crippen molar-refractivity contribution in [3.8, 4) is 11.6 Å². The molecule has 0 aliphatic rings. The van der Waals surface area contributed by atoms with Crippen LogP contribution in [-0.2, 0) is 6.54 Å². The van der Waals surface area contributed by atoms with Gasteiger partial charge in [-0.25, -0.2) is 0 Å². The van der Waals surface area contributed by atoms with Crippen LogP contribution in [0.1, 0.15) is 5.89 Å². The Morgan fingerprint density at radius 3 is 3.05 bits per heavy atom. The van der Waals surface area contributed by atoms with Crippen LogP contribution in [0.2, 0.25) is 0 Å². The fourth-order valence-corrected chi connectivity index (χ4v) is 1.56. The average molecular weight is 261 g/mol. The van der Waals surface area contributed by atoms with E-state index in [1.54, 1.807) is 12.1 Å². The Balaban J connectivity index is 1.84. The molecule has 0 radical (unpaired) electrons. The SMILES string of the molecule is O=[N+]([O-])c1ccnn1Cc1nc(-c2ccco2)no1. The predicted molar refractivity (Wildman–Crippen MR) is 60.0 cm³/mol. The lowest BCUT2D eigenvalue weighted by Gasteiger charge is -1.94. The minimum atomic E-state index is -0.531. The van der Waals surface area contributed by atoms with E-state index in [1.807, 2.05) is 0 Å². The molecule has 0 aromatic carbocycles. The van der Waals surface area contributed by atoms with Crippen LogP contribution in [0.25, 0.3) is 11.6 Å². The molecule has 0 saturated heterocycles. The Morgan fingerprint density at radius 2 is 2.32 bits per heavy atom. The van der Waals surface area contributed by atoms with Crippen LogP contribution in [-0.4, -0.2) is 24.8 Å². The Bertz CT molecular complexity index is 699. The molecule has 0 unspecified atom stereocenters. The molecule has 0 aliphatic heterocycles. The number of aromatic nitrogens is 4. The summed E-state index contributed by atoms with van der Waals surface area (Å²) in [5.41, 5.74) is 0. The lowest BCUT2D eigenvalue weighted by molar-refractivity contribution is -0.392. The summed E-state index contributed by atoms with van der Waals surface area (Å²) in [6, 6.07) is 4.68. The monoisotopic (exact) mass is 261 g/mol. The fourth-order valence-electron chi connectivity index (χ4n) is 1.56. The highest BCUT2D eigenvalue weighted by atomic mass is 16.6. The molecule has 0 spiro atoms. The van der Waals surface area contributed by atoms with Gasteiger partial charge in [-0.1, -0.05) is 10.3 Å². The van der Waals surface area contributed by atoms with E-state index in [4.69, 9.17) is 8.94 Å². The van der Waals surface area contributed by atoms with Crippen molar-refractivity contribution in [3.63, 3.8) is 0 Å². The zero-order valence-corrected chi connectivity index (χ0v) is 9.46. The van der Waals surface area contributed by atoms with E-state index in [1.165, 1.54) is 23.2 Å². The maximum Gasteiger partial charge on any atom is 0.345 e. The quantitative estimate of drug-likeness (QED) is 0.516. The van der Waals surface area contributed by atoms with Crippen molar-refractivity contribution in [3.05, 3.63) is 46.7 Å². The summed E-state index contributed by atoms with van der Waals surface area (Å²) in [5.74, 6) is 0.815. The molecule has 0 saturated carbocycles. The van der Waals surface area contributed by atoms with Crippen molar-refractivity contribution < 1.29 is 13.9 Å². The number of rotatable bonds is 4. The molecule has 0 amide bonds. The minimum absolute atomic E-state index is 0.0248. The molecule has 3 heterocycles. The number of nitrogens with zero attached hydrogens (tertiary/aromatic N) is 5. The first kappa shape index (κ1) is 11.1. The highest BCUT2D eigenvalue weighted by molar-refractivity contribution is 5.44. The second kappa shape index (κ2) is 4.37. The van der Waals surface area contributed by atoms with E-state index in [0.29, 0.717) is 5.76 Å². The van der Waals surface area contributed by atoms with E-state index < -0.39 is 4.92 Å². The van der Waals surface area contributed by atoms with Crippen LogP contribution in [0.3, 0.4) is 0 Å². The summed E-state index contributed by atoms with van der Waals surface area (Å²) in [6.45, 7) is 0.0248. The number of hydrogen-bond acceptors (Lipinski definition) is 7. The second-order valence-electron chi connectivity index (χ2n) is 3.59. The molecule has 0 bridgehead atoms. The van der Waals surface area contributed by atoms with Gasteiger partial charge in [-0.05, 0) is 17.1 Å². The smallest absolute Gasteiger partial charge is 0.345 e. The standard InChI is InChI=1S/C10H7N5O4/c16-15(17)9-3-4-11-14(9)6-8-12-10(13-19-8)7-2-1-5-18-7/h1-5H,6H2. The van der Waals surface area contributed by atoms with Crippen molar-refractivity contribution in [2.45, 2.75) is 6.54 Å². The summed E-state index contributed by atoms with van der Waals surface area (Å²) >= 11 is 0. The first-order valence-electron chi connectivity index (χ1n) is 5.27. The van der Waals surface area contributed by atoms with Crippen LogP contribution in [0, 0.1) is 10.1 Å². The number of nitro groups is 1. The molecule has 3 aromatic heterocycles. The summed E-state index contributed by atoms with van der Waals surface area (Å²) in [7, 11) is 0. The molecule has 96 valence electrons. The highest BCUT2D eigenvalue weighted by Crippen LogP contribution is 2.17. The van der Waals surface area contributed by atoms with Gasteiger partial charge in [0.2, 0.25) is 5.82 Å². The third-order valence-corrected chi connectivity index (χ3v) is 2.38. The van der Waals surface area contributed by atoms with Gasteiger partial charge in [-0.15, -0.1) is 4.68 Å². The van der Waals surface area contributed by atoms with Crippen molar-refractivity contribution in [1.29, 1.82) is 0 Å². The first-order chi connectivity index (χ1) is 9.24. The third kappa shape index (κ3) is 2.08. The number of hydrogen-bond donors (Lipinski definition) is 0. The lowest BCUT2D eigenvalue weighted by Crippen LogP contribution is -2.06. The molecule has 3 rings (SSSR count). The zero-order chi connectivity index (χ0) is 13.2. The molecule has 9 nitrogen and oxygen atoms in total. The maximum absolute atomic E-state index is 10.7. The van der Waals surface area contributed by atoms with Gasteiger partial charge < -0.3 is 19.1 Å². The van der Waals surface area contributed by atoms with Crippen molar-refractivity contribution >= 4 is 5.82 Å². The molecule has 3 aromatic rings. The summed E-state index contributed by atoms with van der Waals surface area (Å²) in [5, 5.41) is 18.3. The Morgan fingerprint density at radius 1 is 1.42 bits per heavy atom. The predicted octanol–water partition coefficient (Wildman–Crippen LogP) is 1.48. The van der Waals surface area contributed by atoms with E-state index in [9.17, 15) is 10.1 Å². The van der Waals surface area contributed by atoms with E-state index in [2.05, 4.69) is 15.2 Å². The van der Waals surface area contributed by atoms with E-state index in [-0.39, 0.29) is 24.1 Å². The van der Waals surface area contributed by atoms with Crippen LogP contribution in [0.15, 0.2) is 39.6 Å². The van der Waals surface area contributed by atoms with Crippen molar-refractivity contribution in [2.24, 2.45) is 0 Å². The van der Waals surface area contributed by atoms with E-state index >= 15 is 0 Å². The summed E-state index contributed by atoms with van der Waals surface area (Å²) in [6.07, 6.45) is 2.83. The molecule has 0 atom stereocenters. The molecule has 19 heavy (non-hydrogen) atoms. The molecule has 0 aliphatic carbocycles. The van der Waals surface area contributed by atoms with Crippen LogP contribution < -0.4 is 0 Å². The topological polar surface area (TPSA) is 113 Å². The van der Waals surface area contributed by atoms with Gasteiger partial charge in [0, 0.05) is 0 Å². The van der Waals surface area contributed by atoms with Crippen molar-refractivity contribution in [2.75, 3.05) is 0 Å². The van der Waals surface area contributed by atoms with Gasteiger partial charge in [0.15, 0.2) is 12.3 Å². The molecular weight excluding hydrogens is 254 g/mol. The van der Waals surface area contributed by atoms with Gasteiger partial charge in [0.1, 0.15) is 0 Å².